The third-order valence-electron chi connectivity index (χ3n) is 4.41. The molecule has 132 valence electrons. The molecule has 25 heavy (non-hydrogen) atoms. The molecule has 0 amide bonds. The van der Waals surface area contributed by atoms with Crippen LogP contribution in [0.5, 0.6) is 0 Å². The maximum atomic E-state index is 13.6. The number of nitrogens with zero attached hydrogens (tertiary/aromatic N) is 4. The molecule has 1 aromatic carbocycles. The molecule has 4 N–H and O–H groups in total. The fourth-order valence-corrected chi connectivity index (χ4v) is 3.30. The van der Waals surface area contributed by atoms with Crippen molar-refractivity contribution >= 4 is 12.2 Å². The lowest BCUT2D eigenvalue weighted by molar-refractivity contribution is 0.292. The number of nitrogens with two attached hydrogens (primary N) is 2. The lowest BCUT2D eigenvalue weighted by atomic mass is 10.2. The van der Waals surface area contributed by atoms with Gasteiger partial charge in [0.05, 0.1) is 0 Å². The fourth-order valence-electron chi connectivity index (χ4n) is 3.30. The summed E-state index contributed by atoms with van der Waals surface area (Å²) in [6, 6.07) is 11.0. The Bertz CT molecular complexity index is 791. The van der Waals surface area contributed by atoms with Gasteiger partial charge < -0.3 is 16.0 Å². The Labute approximate surface area is 146 Å². The van der Waals surface area contributed by atoms with E-state index in [1.807, 2.05) is 13.0 Å². The Morgan fingerprint density at radius 2 is 2.16 bits per heavy atom. The highest BCUT2D eigenvalue weighted by atomic mass is 19.1. The lowest BCUT2D eigenvalue weighted by Crippen LogP contribution is -2.31. The van der Waals surface area contributed by atoms with E-state index in [1.165, 1.54) is 6.07 Å². The molecular weight excluding hydrogens is 319 g/mol. The lowest BCUT2D eigenvalue weighted by Gasteiger charge is -2.22. The van der Waals surface area contributed by atoms with Crippen molar-refractivity contribution in [3.8, 4) is 5.69 Å². The van der Waals surface area contributed by atoms with E-state index in [9.17, 15) is 4.39 Å². The molecule has 0 spiro atoms. The van der Waals surface area contributed by atoms with Crippen molar-refractivity contribution in [1.29, 1.82) is 0 Å². The number of rotatable bonds is 5. The number of likely N-dealkylation sites (tertiary alicyclic amines) is 1. The summed E-state index contributed by atoms with van der Waals surface area (Å²) in [6.07, 6.45) is 3.90. The highest BCUT2D eigenvalue weighted by Crippen LogP contribution is 2.23. The topological polar surface area (TPSA) is 84.9 Å². The molecule has 2 aromatic rings. The number of hydrogen-bond acceptors (Lipinski definition) is 3. The van der Waals surface area contributed by atoms with Crippen LogP contribution in [0.2, 0.25) is 0 Å². The number of guanidine groups is 1. The van der Waals surface area contributed by atoms with E-state index >= 15 is 0 Å². The van der Waals surface area contributed by atoms with Gasteiger partial charge in [-0.25, -0.2) is 4.39 Å². The molecular formula is C18H23FN6. The predicted octanol–water partition coefficient (Wildman–Crippen LogP) is 2.15. The van der Waals surface area contributed by atoms with Gasteiger partial charge in [0.1, 0.15) is 5.82 Å². The number of benzene rings is 1. The molecule has 0 bridgehead atoms. The summed E-state index contributed by atoms with van der Waals surface area (Å²) in [5.74, 6) is -0.281. The maximum absolute atomic E-state index is 13.6. The van der Waals surface area contributed by atoms with Crippen molar-refractivity contribution in [2.24, 2.45) is 21.7 Å². The van der Waals surface area contributed by atoms with E-state index in [4.69, 9.17) is 11.5 Å². The minimum Gasteiger partial charge on any atom is -0.369 e. The van der Waals surface area contributed by atoms with E-state index in [-0.39, 0.29) is 17.8 Å². The fraction of sp³-hybridized carbons (Fsp3) is 0.333. The zero-order valence-electron chi connectivity index (χ0n) is 14.3. The molecule has 6 nitrogen and oxygen atoms in total. The standard InChI is InChI=1S/C18H23FN6/c1-13-7-8-17(25(13)15-5-2-4-14(19)10-15)12-24-9-3-6-16(24)11-22-23-18(20)21/h2,4-5,7-8,10-11,16H,3,6,9,12H2,1H3,(H4,20,21,23)/b22-11+. The second-order valence-corrected chi connectivity index (χ2v) is 6.25. The van der Waals surface area contributed by atoms with Gasteiger partial charge in [-0.05, 0) is 56.6 Å². The van der Waals surface area contributed by atoms with Crippen LogP contribution in [0.15, 0.2) is 46.6 Å². The van der Waals surface area contributed by atoms with Crippen LogP contribution in [0, 0.1) is 12.7 Å². The first-order valence-electron chi connectivity index (χ1n) is 8.34. The van der Waals surface area contributed by atoms with Gasteiger partial charge in [-0.15, -0.1) is 5.10 Å². The Morgan fingerprint density at radius 1 is 1.32 bits per heavy atom. The van der Waals surface area contributed by atoms with Crippen LogP contribution in [-0.4, -0.2) is 34.2 Å². The van der Waals surface area contributed by atoms with Gasteiger partial charge in [0.15, 0.2) is 0 Å². The molecule has 2 heterocycles. The Morgan fingerprint density at radius 3 is 2.92 bits per heavy atom. The van der Waals surface area contributed by atoms with Gasteiger partial charge in [-0.3, -0.25) is 4.90 Å². The Hall–Kier alpha value is -2.67. The molecule has 3 rings (SSSR count). The van der Waals surface area contributed by atoms with Crippen LogP contribution >= 0.6 is 0 Å². The second-order valence-electron chi connectivity index (χ2n) is 6.25. The van der Waals surface area contributed by atoms with Crippen LogP contribution in [-0.2, 0) is 6.54 Å². The van der Waals surface area contributed by atoms with Crippen LogP contribution in [0.1, 0.15) is 24.2 Å². The first-order valence-corrected chi connectivity index (χ1v) is 8.34. The van der Waals surface area contributed by atoms with Gasteiger partial charge in [0, 0.05) is 35.9 Å². The average Bonchev–Trinajstić information content (AvgIpc) is 3.14. The quantitative estimate of drug-likeness (QED) is 0.496. The summed E-state index contributed by atoms with van der Waals surface area (Å²) < 4.78 is 15.7. The molecule has 7 heteroatoms. The summed E-state index contributed by atoms with van der Waals surface area (Å²) in [5.41, 5.74) is 13.6. The molecule has 1 fully saturated rings. The number of aryl methyl sites for hydroxylation is 1. The van der Waals surface area contributed by atoms with E-state index in [0.29, 0.717) is 0 Å². The molecule has 0 radical (unpaired) electrons. The molecule has 1 aromatic heterocycles. The summed E-state index contributed by atoms with van der Waals surface area (Å²) in [5, 5.41) is 7.63. The average molecular weight is 342 g/mol. The monoisotopic (exact) mass is 342 g/mol. The van der Waals surface area contributed by atoms with E-state index < -0.39 is 0 Å². The number of aromatic nitrogens is 1. The van der Waals surface area contributed by atoms with E-state index in [2.05, 4.69) is 31.8 Å². The third-order valence-corrected chi connectivity index (χ3v) is 4.41. The zero-order chi connectivity index (χ0) is 17.8. The SMILES string of the molecule is Cc1ccc(CN2CCCC2/C=N/N=C(N)N)n1-c1cccc(F)c1. The first kappa shape index (κ1) is 17.2. The second kappa shape index (κ2) is 7.48. The maximum Gasteiger partial charge on any atom is 0.211 e. The molecule has 0 saturated carbocycles. The minimum atomic E-state index is -0.236. The molecule has 1 saturated heterocycles. The molecule has 0 aliphatic carbocycles. The molecule has 1 unspecified atom stereocenters. The Balaban J connectivity index is 1.81. The predicted molar refractivity (Wildman–Crippen MR) is 98.2 cm³/mol. The van der Waals surface area contributed by atoms with Crippen molar-refractivity contribution < 1.29 is 4.39 Å². The normalized spacial score (nSPS) is 18.1. The largest absolute Gasteiger partial charge is 0.369 e. The molecule has 1 aliphatic heterocycles. The van der Waals surface area contributed by atoms with Crippen molar-refractivity contribution in [1.82, 2.24) is 9.47 Å². The van der Waals surface area contributed by atoms with E-state index in [1.54, 1.807) is 18.3 Å². The number of hydrogen-bond donors (Lipinski definition) is 2. The van der Waals surface area contributed by atoms with Crippen LogP contribution in [0.3, 0.4) is 0 Å². The minimum absolute atomic E-state index is 0.0450. The highest BCUT2D eigenvalue weighted by Gasteiger charge is 2.24. The summed E-state index contributed by atoms with van der Waals surface area (Å²) >= 11 is 0. The summed E-state index contributed by atoms with van der Waals surface area (Å²) in [6.45, 7) is 3.75. The summed E-state index contributed by atoms with van der Waals surface area (Å²) in [7, 11) is 0. The van der Waals surface area contributed by atoms with Crippen LogP contribution in [0.4, 0.5) is 4.39 Å². The van der Waals surface area contributed by atoms with Crippen LogP contribution in [0.25, 0.3) is 5.69 Å². The smallest absolute Gasteiger partial charge is 0.211 e. The van der Waals surface area contributed by atoms with Crippen molar-refractivity contribution in [3.05, 3.63) is 53.6 Å². The van der Waals surface area contributed by atoms with E-state index in [0.717, 1.165) is 43.0 Å². The highest BCUT2D eigenvalue weighted by molar-refractivity contribution is 5.76. The first-order chi connectivity index (χ1) is 12.0. The van der Waals surface area contributed by atoms with Crippen molar-refractivity contribution in [2.45, 2.75) is 32.4 Å². The van der Waals surface area contributed by atoms with Gasteiger partial charge in [-0.2, -0.15) is 5.10 Å². The Kier molecular flexibility index (Phi) is 5.14. The third kappa shape index (κ3) is 4.06. The van der Waals surface area contributed by atoms with Crippen LogP contribution < -0.4 is 11.5 Å². The van der Waals surface area contributed by atoms with Gasteiger partial charge in [0.25, 0.3) is 0 Å². The summed E-state index contributed by atoms with van der Waals surface area (Å²) in [4.78, 5) is 2.33. The number of halogens is 1. The van der Waals surface area contributed by atoms with Gasteiger partial charge in [-0.1, -0.05) is 6.07 Å². The van der Waals surface area contributed by atoms with Crippen molar-refractivity contribution in [2.75, 3.05) is 6.54 Å². The van der Waals surface area contributed by atoms with Crippen molar-refractivity contribution in [3.63, 3.8) is 0 Å². The zero-order valence-corrected chi connectivity index (χ0v) is 14.3. The van der Waals surface area contributed by atoms with Gasteiger partial charge >= 0.3 is 0 Å². The molecule has 1 aliphatic rings. The van der Waals surface area contributed by atoms with Gasteiger partial charge in [0.2, 0.25) is 5.96 Å². The molecule has 1 atom stereocenters.